The van der Waals surface area contributed by atoms with Gasteiger partial charge in [0.25, 0.3) is 5.91 Å². The molecule has 1 saturated heterocycles. The Balaban J connectivity index is 1.70. The number of aromatic nitrogens is 3. The number of hydrogen-bond acceptors (Lipinski definition) is 6. The highest BCUT2D eigenvalue weighted by Gasteiger charge is 2.31. The summed E-state index contributed by atoms with van der Waals surface area (Å²) in [6.45, 7) is -0.815. The van der Waals surface area contributed by atoms with Gasteiger partial charge in [0.1, 0.15) is 18.1 Å². The second-order valence-electron chi connectivity index (χ2n) is 7.32. The summed E-state index contributed by atoms with van der Waals surface area (Å²) >= 11 is 0. The molecular formula is C20H19F4N5O3. The molecule has 0 radical (unpaired) electrons. The zero-order valence-corrected chi connectivity index (χ0v) is 16.6. The van der Waals surface area contributed by atoms with E-state index in [2.05, 4.69) is 15.4 Å². The van der Waals surface area contributed by atoms with E-state index in [0.717, 1.165) is 4.68 Å². The fourth-order valence-corrected chi connectivity index (χ4v) is 3.38. The number of aliphatic hydroxyl groups excluding tert-OH is 1. The van der Waals surface area contributed by atoms with E-state index in [1.165, 1.54) is 41.4 Å². The normalized spacial score (nSPS) is 17.4. The van der Waals surface area contributed by atoms with Crippen molar-refractivity contribution in [3.8, 4) is 0 Å². The lowest BCUT2D eigenvalue weighted by molar-refractivity contribution is -0.141. The highest BCUT2D eigenvalue weighted by Crippen LogP contribution is 2.29. The molecule has 2 aromatic heterocycles. The third-order valence-corrected chi connectivity index (χ3v) is 4.83. The molecule has 170 valence electrons. The lowest BCUT2D eigenvalue weighted by Gasteiger charge is -2.20. The molecule has 1 aliphatic rings. The molecule has 1 unspecified atom stereocenters. The summed E-state index contributed by atoms with van der Waals surface area (Å²) in [5.74, 6) is -0.915. The van der Waals surface area contributed by atoms with Gasteiger partial charge in [-0.3, -0.25) is 14.5 Å². The van der Waals surface area contributed by atoms with Gasteiger partial charge in [-0.2, -0.15) is 18.3 Å². The molecule has 0 spiro atoms. The number of aliphatic hydroxyl groups is 1. The molecule has 12 heteroatoms. The smallest absolute Gasteiger partial charge is 0.389 e. The van der Waals surface area contributed by atoms with Crippen LogP contribution in [0, 0.1) is 5.82 Å². The summed E-state index contributed by atoms with van der Waals surface area (Å²) in [5.41, 5.74) is 0.392. The Hall–Kier alpha value is -3.25. The van der Waals surface area contributed by atoms with Crippen LogP contribution in [0.5, 0.6) is 0 Å². The van der Waals surface area contributed by atoms with Crippen LogP contribution in [-0.4, -0.2) is 69.3 Å². The summed E-state index contributed by atoms with van der Waals surface area (Å²) in [7, 11) is 0. The van der Waals surface area contributed by atoms with Crippen molar-refractivity contribution in [2.75, 3.05) is 31.6 Å². The van der Waals surface area contributed by atoms with Gasteiger partial charge < -0.3 is 20.1 Å². The van der Waals surface area contributed by atoms with Crippen molar-refractivity contribution in [1.29, 1.82) is 0 Å². The van der Waals surface area contributed by atoms with Crippen LogP contribution in [0.4, 0.5) is 29.1 Å². The van der Waals surface area contributed by atoms with Crippen molar-refractivity contribution in [3.63, 3.8) is 0 Å². The first-order valence-electron chi connectivity index (χ1n) is 9.70. The standard InChI is InChI=1S/C20H19F4N5O3/c21-12-1-3-13(4-2-12)26-18-15-8-25-16(7-17(15)29(27-18)11-20(22,23)24)19(31)28-5-6-32-10-14(30)9-28/h1-4,7-8,14,30H,5-6,9-11H2,(H,26,27). The molecule has 32 heavy (non-hydrogen) atoms. The number of carbonyl (C=O) groups is 1. The maximum absolute atomic E-state index is 13.1. The Morgan fingerprint density at radius 2 is 2.03 bits per heavy atom. The first kappa shape index (κ1) is 22.0. The molecule has 1 fully saturated rings. The summed E-state index contributed by atoms with van der Waals surface area (Å²) in [6.07, 6.45) is -4.15. The number of nitrogens with zero attached hydrogens (tertiary/aromatic N) is 4. The van der Waals surface area contributed by atoms with Crippen LogP contribution in [-0.2, 0) is 11.3 Å². The Labute approximate surface area is 179 Å². The predicted molar refractivity (Wildman–Crippen MR) is 106 cm³/mol. The Morgan fingerprint density at radius 1 is 1.28 bits per heavy atom. The Bertz CT molecular complexity index is 1120. The van der Waals surface area contributed by atoms with Crippen molar-refractivity contribution in [2.24, 2.45) is 0 Å². The third-order valence-electron chi connectivity index (χ3n) is 4.83. The van der Waals surface area contributed by atoms with Crippen molar-refractivity contribution in [1.82, 2.24) is 19.7 Å². The largest absolute Gasteiger partial charge is 0.408 e. The number of fused-ring (bicyclic) bond motifs is 1. The molecule has 2 N–H and O–H groups in total. The van der Waals surface area contributed by atoms with Crippen LogP contribution in [0.15, 0.2) is 36.5 Å². The predicted octanol–water partition coefficient (Wildman–Crippen LogP) is 2.71. The fourth-order valence-electron chi connectivity index (χ4n) is 3.38. The first-order chi connectivity index (χ1) is 15.2. The zero-order chi connectivity index (χ0) is 22.9. The molecule has 1 aromatic carbocycles. The molecular weight excluding hydrogens is 434 g/mol. The van der Waals surface area contributed by atoms with E-state index in [9.17, 15) is 27.5 Å². The molecule has 4 rings (SSSR count). The summed E-state index contributed by atoms with van der Waals surface area (Å²) in [6, 6.07) is 6.48. The first-order valence-corrected chi connectivity index (χ1v) is 9.70. The number of pyridine rings is 1. The van der Waals surface area contributed by atoms with Gasteiger partial charge in [0.2, 0.25) is 0 Å². The number of anilines is 2. The highest BCUT2D eigenvalue weighted by atomic mass is 19.4. The van der Waals surface area contributed by atoms with Crippen molar-refractivity contribution >= 4 is 28.3 Å². The molecule has 1 aliphatic heterocycles. The minimum absolute atomic E-state index is 0.0255. The second kappa shape index (κ2) is 8.71. The zero-order valence-electron chi connectivity index (χ0n) is 16.6. The number of benzene rings is 1. The van der Waals surface area contributed by atoms with Gasteiger partial charge in [-0.1, -0.05) is 0 Å². The van der Waals surface area contributed by atoms with Crippen LogP contribution in [0.1, 0.15) is 10.5 Å². The molecule has 1 amide bonds. The summed E-state index contributed by atoms with van der Waals surface area (Å²) in [5, 5.41) is 17.0. The maximum Gasteiger partial charge on any atom is 0.408 e. The van der Waals surface area contributed by atoms with Crippen LogP contribution in [0.2, 0.25) is 0 Å². The number of β-amino-alcohol motifs (C(OH)–C–C–N with tert-alkyl or cyclic N) is 1. The topological polar surface area (TPSA) is 92.5 Å². The van der Waals surface area contributed by atoms with Crippen LogP contribution in [0.3, 0.4) is 0 Å². The number of ether oxygens (including phenoxy) is 1. The van der Waals surface area contributed by atoms with E-state index in [-0.39, 0.29) is 48.7 Å². The average molecular weight is 453 g/mol. The van der Waals surface area contributed by atoms with Gasteiger partial charge in [0.05, 0.1) is 30.2 Å². The van der Waals surface area contributed by atoms with Gasteiger partial charge >= 0.3 is 6.18 Å². The van der Waals surface area contributed by atoms with Crippen LogP contribution >= 0.6 is 0 Å². The summed E-state index contributed by atoms with van der Waals surface area (Å²) < 4.78 is 58.5. The van der Waals surface area contributed by atoms with Gasteiger partial charge in [-0.25, -0.2) is 4.39 Å². The van der Waals surface area contributed by atoms with E-state index in [4.69, 9.17) is 4.74 Å². The van der Waals surface area contributed by atoms with Crippen LogP contribution in [0.25, 0.3) is 10.9 Å². The molecule has 3 aromatic rings. The van der Waals surface area contributed by atoms with Gasteiger partial charge in [0, 0.05) is 25.0 Å². The molecule has 3 heterocycles. The molecule has 1 atom stereocenters. The number of amides is 1. The number of carbonyl (C=O) groups excluding carboxylic acids is 1. The van der Waals surface area contributed by atoms with Gasteiger partial charge in [0.15, 0.2) is 5.82 Å². The minimum atomic E-state index is -4.55. The van der Waals surface area contributed by atoms with Crippen molar-refractivity contribution < 1.29 is 32.2 Å². The monoisotopic (exact) mass is 453 g/mol. The van der Waals surface area contributed by atoms with Crippen molar-refractivity contribution in [2.45, 2.75) is 18.8 Å². The lowest BCUT2D eigenvalue weighted by Crippen LogP contribution is -2.38. The van der Waals surface area contributed by atoms with E-state index in [1.807, 2.05) is 0 Å². The lowest BCUT2D eigenvalue weighted by atomic mass is 10.2. The number of alkyl halides is 3. The summed E-state index contributed by atoms with van der Waals surface area (Å²) in [4.78, 5) is 18.3. The van der Waals surface area contributed by atoms with Crippen LogP contribution < -0.4 is 5.32 Å². The Morgan fingerprint density at radius 3 is 2.75 bits per heavy atom. The van der Waals surface area contributed by atoms with Gasteiger partial charge in [-0.15, -0.1) is 0 Å². The average Bonchev–Trinajstić information content (AvgIpc) is 2.90. The van der Waals surface area contributed by atoms with E-state index in [0.29, 0.717) is 5.69 Å². The fraction of sp³-hybridized carbons (Fsp3) is 0.350. The van der Waals surface area contributed by atoms with E-state index < -0.39 is 30.5 Å². The number of nitrogens with one attached hydrogen (secondary N) is 1. The molecule has 0 bridgehead atoms. The molecule has 0 aliphatic carbocycles. The quantitative estimate of drug-likeness (QED) is 0.591. The maximum atomic E-state index is 13.1. The minimum Gasteiger partial charge on any atom is -0.389 e. The van der Waals surface area contributed by atoms with Gasteiger partial charge in [-0.05, 0) is 30.3 Å². The van der Waals surface area contributed by atoms with E-state index in [1.54, 1.807) is 0 Å². The van der Waals surface area contributed by atoms with E-state index >= 15 is 0 Å². The molecule has 0 saturated carbocycles. The number of rotatable bonds is 4. The SMILES string of the molecule is O=C(c1cc2c(cn1)c(Nc1ccc(F)cc1)nn2CC(F)(F)F)N1CCOCC(O)C1. The second-order valence-corrected chi connectivity index (χ2v) is 7.32. The number of halogens is 4. The highest BCUT2D eigenvalue weighted by molar-refractivity contribution is 5.98. The number of hydrogen-bond donors (Lipinski definition) is 2. The third kappa shape index (κ3) is 4.97. The Kier molecular flexibility index (Phi) is 5.98. The van der Waals surface area contributed by atoms with Crippen molar-refractivity contribution in [3.05, 3.63) is 48.0 Å². The molecule has 8 nitrogen and oxygen atoms in total.